The van der Waals surface area contributed by atoms with Crippen molar-refractivity contribution in [2.45, 2.75) is 6.54 Å². The first kappa shape index (κ1) is 22.0. The van der Waals surface area contributed by atoms with Gasteiger partial charge in [0.15, 0.2) is 5.43 Å². The van der Waals surface area contributed by atoms with Crippen LogP contribution >= 0.6 is 0 Å². The van der Waals surface area contributed by atoms with E-state index in [2.05, 4.69) is 10.1 Å². The van der Waals surface area contributed by atoms with Crippen LogP contribution in [0.5, 0.6) is 11.5 Å². The van der Waals surface area contributed by atoms with E-state index < -0.39 is 9.29 Å². The number of nitrogens with zero attached hydrogens (tertiary/aromatic N) is 4. The third-order valence-electron chi connectivity index (χ3n) is 5.60. The zero-order chi connectivity index (χ0) is 23.4. The van der Waals surface area contributed by atoms with Gasteiger partial charge in [0.1, 0.15) is 11.5 Å². The second kappa shape index (κ2) is 7.45. The lowest BCUT2D eigenvalue weighted by Gasteiger charge is -2.33. The van der Waals surface area contributed by atoms with Gasteiger partial charge >= 0.3 is 0 Å². The van der Waals surface area contributed by atoms with Crippen LogP contribution in [0.2, 0.25) is 0 Å². The molecule has 4 rings (SSSR count). The number of H-pyrrole nitrogens is 1. The maximum atomic E-state index is 12.7. The quantitative estimate of drug-likeness (QED) is 0.237. The summed E-state index contributed by atoms with van der Waals surface area (Å²) < 4.78 is 0.770. The van der Waals surface area contributed by atoms with E-state index >= 15 is 0 Å². The van der Waals surface area contributed by atoms with Gasteiger partial charge in [-0.2, -0.15) is 0 Å². The molecule has 0 spiro atoms. The van der Waals surface area contributed by atoms with Crippen LogP contribution in [0.25, 0.3) is 32.6 Å². The first-order chi connectivity index (χ1) is 14.9. The number of phenolic OH excluding ortho intramolecular Hbond substituents is 2. The number of aromatic amines is 1. The molecule has 1 aromatic heterocycles. The topological polar surface area (TPSA) is 137 Å². The minimum atomic E-state index is -0.501. The summed E-state index contributed by atoms with van der Waals surface area (Å²) in [5, 5.41) is 50.5. The van der Waals surface area contributed by atoms with Crippen molar-refractivity contribution in [3.8, 4) is 11.5 Å². The minimum Gasteiger partial charge on any atom is -0.633 e. The lowest BCUT2D eigenvalue weighted by Crippen LogP contribution is -2.35. The molecular formula is C22H27N5O5. The fourth-order valence-electron chi connectivity index (χ4n) is 3.98. The molecule has 4 aromatic rings. The first-order valence-corrected chi connectivity index (χ1v) is 10.3. The average molecular weight is 441 g/mol. The first-order valence-electron chi connectivity index (χ1n) is 10.3. The summed E-state index contributed by atoms with van der Waals surface area (Å²) in [5.74, 6) is -0.462. The zero-order valence-electron chi connectivity index (χ0n) is 18.5. The van der Waals surface area contributed by atoms with Gasteiger partial charge in [-0.3, -0.25) is 19.6 Å². The van der Waals surface area contributed by atoms with E-state index in [4.69, 9.17) is 0 Å². The van der Waals surface area contributed by atoms with E-state index in [1.165, 1.54) is 26.2 Å². The standard InChI is InChI=1S/C22H27N5O5/c1-26(2,31)11-9-23-13-5-6-14-18-17(13)22(30)20-16(29)8-7-15(28)19(20)21(18)24-25(14)10-12-27(3,4)32/h5-8,24,29-30H,9-12H2,1-4H3. The Balaban J connectivity index is 2.08. The molecule has 0 saturated carbocycles. The van der Waals surface area contributed by atoms with Crippen molar-refractivity contribution in [1.82, 2.24) is 9.78 Å². The summed E-state index contributed by atoms with van der Waals surface area (Å²) >= 11 is 0. The number of nitrogens with one attached hydrogen (secondary N) is 1. The van der Waals surface area contributed by atoms with Gasteiger partial charge in [-0.25, -0.2) is 0 Å². The van der Waals surface area contributed by atoms with Gasteiger partial charge in [-0.1, -0.05) is 0 Å². The normalized spacial score (nSPS) is 13.8. The van der Waals surface area contributed by atoms with Gasteiger partial charge < -0.3 is 29.9 Å². The van der Waals surface area contributed by atoms with Gasteiger partial charge in [-0.05, 0) is 24.3 Å². The second-order valence-electron chi connectivity index (χ2n) is 9.15. The summed E-state index contributed by atoms with van der Waals surface area (Å²) in [6.45, 7) is 1.13. The summed E-state index contributed by atoms with van der Waals surface area (Å²) in [6, 6.07) is 6.05. The third kappa shape index (κ3) is 3.89. The lowest BCUT2D eigenvalue weighted by molar-refractivity contribution is -0.840. The third-order valence-corrected chi connectivity index (χ3v) is 5.60. The lowest BCUT2D eigenvalue weighted by atomic mass is 9.99. The molecule has 1 heterocycles. The molecule has 0 aliphatic heterocycles. The molecule has 3 N–H and O–H groups in total. The molecule has 0 unspecified atom stereocenters. The highest BCUT2D eigenvalue weighted by atomic mass is 16.5. The summed E-state index contributed by atoms with van der Waals surface area (Å²) in [6.07, 6.45) is 0. The molecule has 0 saturated heterocycles. The van der Waals surface area contributed by atoms with Gasteiger partial charge in [0.25, 0.3) is 0 Å². The second-order valence-corrected chi connectivity index (χ2v) is 9.15. The number of likely N-dealkylation sites (N-methyl/N-ethyl adjacent to an activating group) is 2. The predicted molar refractivity (Wildman–Crippen MR) is 123 cm³/mol. The number of quaternary nitrogens is 2. The SMILES string of the molecule is C[N+](C)([O-])CCN=c1ccc2c3c1c(O)c1c(O)ccc(=O)c1c3[nH]n2CC[N+](C)(C)[O-]. The van der Waals surface area contributed by atoms with E-state index in [0.717, 1.165) is 0 Å². The van der Waals surface area contributed by atoms with Gasteiger partial charge in [0, 0.05) is 5.39 Å². The number of fused-ring (bicyclic) bond motifs is 2. The Labute approximate surface area is 183 Å². The van der Waals surface area contributed by atoms with E-state index in [-0.39, 0.29) is 47.3 Å². The Bertz CT molecular complexity index is 1440. The van der Waals surface area contributed by atoms with Crippen LogP contribution in [-0.4, -0.2) is 77.1 Å². The molecule has 0 amide bonds. The van der Waals surface area contributed by atoms with E-state index in [1.807, 2.05) is 6.07 Å². The van der Waals surface area contributed by atoms with Crippen molar-refractivity contribution in [2.24, 2.45) is 4.99 Å². The molecule has 10 nitrogen and oxygen atoms in total. The Morgan fingerprint density at radius 3 is 2.28 bits per heavy atom. The van der Waals surface area contributed by atoms with Crippen molar-refractivity contribution >= 4 is 32.6 Å². The number of hydrogen-bond acceptors (Lipinski definition) is 6. The number of hydrogen-bond donors (Lipinski definition) is 3. The summed E-state index contributed by atoms with van der Waals surface area (Å²) in [7, 11) is 6.15. The van der Waals surface area contributed by atoms with Crippen LogP contribution in [0.4, 0.5) is 0 Å². The van der Waals surface area contributed by atoms with Crippen molar-refractivity contribution in [2.75, 3.05) is 47.8 Å². The highest BCUT2D eigenvalue weighted by Gasteiger charge is 2.22. The van der Waals surface area contributed by atoms with E-state index in [1.54, 1.807) is 24.8 Å². The zero-order valence-corrected chi connectivity index (χ0v) is 18.5. The van der Waals surface area contributed by atoms with Crippen molar-refractivity contribution in [1.29, 1.82) is 0 Å². The predicted octanol–water partition coefficient (Wildman–Crippen LogP) is 1.53. The Morgan fingerprint density at radius 1 is 0.938 bits per heavy atom. The van der Waals surface area contributed by atoms with Crippen molar-refractivity contribution in [3.05, 3.63) is 50.3 Å². The fourth-order valence-corrected chi connectivity index (χ4v) is 3.98. The van der Waals surface area contributed by atoms with Crippen molar-refractivity contribution in [3.63, 3.8) is 0 Å². The molecule has 32 heavy (non-hydrogen) atoms. The highest BCUT2D eigenvalue weighted by molar-refractivity contribution is 6.23. The van der Waals surface area contributed by atoms with Gasteiger partial charge in [0.05, 0.1) is 86.9 Å². The largest absolute Gasteiger partial charge is 0.633 e. The number of phenols is 2. The minimum absolute atomic E-state index is 0.0443. The van der Waals surface area contributed by atoms with E-state index in [9.17, 15) is 25.4 Å². The van der Waals surface area contributed by atoms with Crippen LogP contribution in [0.15, 0.2) is 34.1 Å². The monoisotopic (exact) mass is 441 g/mol. The summed E-state index contributed by atoms with van der Waals surface area (Å²) in [5.41, 5.74) is 0.803. The molecular weight excluding hydrogens is 414 g/mol. The number of hydroxylamine groups is 6. The highest BCUT2D eigenvalue weighted by Crippen LogP contribution is 2.41. The molecule has 170 valence electrons. The molecule has 0 bridgehead atoms. The Morgan fingerprint density at radius 2 is 1.62 bits per heavy atom. The molecule has 10 heteroatoms. The number of aromatic nitrogens is 2. The van der Waals surface area contributed by atoms with Crippen LogP contribution in [-0.2, 0) is 6.54 Å². The van der Waals surface area contributed by atoms with Crippen LogP contribution in [0.3, 0.4) is 0 Å². The molecule has 0 aliphatic rings. The molecule has 3 aromatic carbocycles. The molecule has 0 radical (unpaired) electrons. The number of benzene rings is 3. The molecule has 0 atom stereocenters. The number of aromatic hydroxyl groups is 2. The van der Waals surface area contributed by atoms with Gasteiger partial charge in [0.2, 0.25) is 0 Å². The molecule has 0 aliphatic carbocycles. The maximum Gasteiger partial charge on any atom is 0.189 e. The van der Waals surface area contributed by atoms with Gasteiger partial charge in [-0.15, -0.1) is 0 Å². The van der Waals surface area contributed by atoms with Crippen molar-refractivity contribution < 1.29 is 19.5 Å². The van der Waals surface area contributed by atoms with Crippen LogP contribution in [0, 0.1) is 10.4 Å². The molecule has 0 fully saturated rings. The van der Waals surface area contributed by atoms with E-state index in [0.29, 0.717) is 33.7 Å². The average Bonchev–Trinajstić information content (AvgIpc) is 3.04. The Hall–Kier alpha value is -3.18. The maximum absolute atomic E-state index is 12.7. The Kier molecular flexibility index (Phi) is 5.13. The fraction of sp³-hybridized carbons (Fsp3) is 0.364. The summed E-state index contributed by atoms with van der Waals surface area (Å²) in [4.78, 5) is 17.3. The smallest absolute Gasteiger partial charge is 0.189 e. The van der Waals surface area contributed by atoms with Crippen LogP contribution in [0.1, 0.15) is 0 Å². The van der Waals surface area contributed by atoms with Crippen LogP contribution < -0.4 is 10.8 Å². The number of rotatable bonds is 6.